The number of benzene rings is 2. The molecule has 0 unspecified atom stereocenters. The van der Waals surface area contributed by atoms with Crippen LogP contribution in [0.3, 0.4) is 0 Å². The fourth-order valence-electron chi connectivity index (χ4n) is 3.74. The van der Waals surface area contributed by atoms with E-state index in [0.29, 0.717) is 55.1 Å². The van der Waals surface area contributed by atoms with Crippen LogP contribution >= 0.6 is 23.2 Å². The fourth-order valence-corrected chi connectivity index (χ4v) is 4.18. The minimum atomic E-state index is -0.364. The zero-order valence-electron chi connectivity index (χ0n) is 19.4. The summed E-state index contributed by atoms with van der Waals surface area (Å²) in [5.74, 6) is -0.139. The van der Waals surface area contributed by atoms with E-state index in [2.05, 4.69) is 29.9 Å². The van der Waals surface area contributed by atoms with Gasteiger partial charge in [0.2, 0.25) is 0 Å². The number of fused-ring (bicyclic) bond motifs is 2. The second-order valence-corrected chi connectivity index (χ2v) is 8.82. The molecule has 0 fully saturated rings. The Labute approximate surface area is 223 Å². The maximum atomic E-state index is 13.7. The summed E-state index contributed by atoms with van der Waals surface area (Å²) in [4.78, 5) is 24.2. The third-order valence-corrected chi connectivity index (χ3v) is 6.35. The Morgan fingerprint density at radius 1 is 0.632 bits per heavy atom. The number of nitrogen functional groups attached to an aromatic ring is 2. The van der Waals surface area contributed by atoms with E-state index in [0.717, 1.165) is 0 Å². The van der Waals surface area contributed by atoms with E-state index >= 15 is 0 Å². The van der Waals surface area contributed by atoms with Crippen molar-refractivity contribution in [1.29, 1.82) is 0 Å². The Morgan fingerprint density at radius 3 is 1.45 bits per heavy atom. The predicted molar refractivity (Wildman–Crippen MR) is 140 cm³/mol. The van der Waals surface area contributed by atoms with Gasteiger partial charge in [0.05, 0.1) is 25.7 Å². The Hall–Kier alpha value is -4.42. The van der Waals surface area contributed by atoms with E-state index in [1.807, 2.05) is 0 Å². The second-order valence-electron chi connectivity index (χ2n) is 8.01. The Kier molecular flexibility index (Phi) is 6.99. The molecule has 4 heterocycles. The van der Waals surface area contributed by atoms with Crippen LogP contribution in [0.15, 0.2) is 61.7 Å². The standard InChI is InChI=1S/2C12H9ClFN5/c2*13-8-2-1-3-9(14)7(8)4-19-6-18-10-11(15)16-5-17-12(10)19/h2*1-3,5-6H,4H2,(H2,15,16,17). The molecule has 0 amide bonds. The third kappa shape index (κ3) is 4.91. The van der Waals surface area contributed by atoms with Crippen molar-refractivity contribution < 1.29 is 8.78 Å². The lowest BCUT2D eigenvalue weighted by Crippen LogP contribution is -2.03. The van der Waals surface area contributed by atoms with Crippen molar-refractivity contribution in [1.82, 2.24) is 39.0 Å². The van der Waals surface area contributed by atoms with Crippen LogP contribution in [0.2, 0.25) is 10.0 Å². The molecule has 0 aliphatic carbocycles. The van der Waals surface area contributed by atoms with Gasteiger partial charge in [-0.2, -0.15) is 0 Å². The third-order valence-electron chi connectivity index (χ3n) is 5.64. The molecule has 0 aliphatic heterocycles. The number of halogens is 4. The highest BCUT2D eigenvalue weighted by Gasteiger charge is 2.13. The van der Waals surface area contributed by atoms with Crippen molar-refractivity contribution in [2.45, 2.75) is 13.1 Å². The first-order valence-corrected chi connectivity index (χ1v) is 11.8. The van der Waals surface area contributed by atoms with Gasteiger partial charge in [0, 0.05) is 21.2 Å². The zero-order chi connectivity index (χ0) is 26.8. The average molecular weight is 555 g/mol. The number of hydrogen-bond donors (Lipinski definition) is 2. The van der Waals surface area contributed by atoms with E-state index in [-0.39, 0.29) is 24.7 Å². The Bertz CT molecular complexity index is 1600. The zero-order valence-corrected chi connectivity index (χ0v) is 20.9. The smallest absolute Gasteiger partial charge is 0.165 e. The predicted octanol–water partition coefficient (Wildman–Crippen LogP) is 4.50. The van der Waals surface area contributed by atoms with Crippen molar-refractivity contribution in [2.24, 2.45) is 0 Å². The molecule has 6 aromatic rings. The van der Waals surface area contributed by atoms with Gasteiger partial charge in [-0.05, 0) is 24.3 Å². The minimum absolute atomic E-state index is 0.235. The molecule has 0 radical (unpaired) electrons. The highest BCUT2D eigenvalue weighted by molar-refractivity contribution is 6.31. The van der Waals surface area contributed by atoms with Crippen LogP contribution < -0.4 is 11.5 Å². The lowest BCUT2D eigenvalue weighted by molar-refractivity contribution is 0.601. The van der Waals surface area contributed by atoms with E-state index < -0.39 is 0 Å². The summed E-state index contributed by atoms with van der Waals surface area (Å²) >= 11 is 12.0. The summed E-state index contributed by atoms with van der Waals surface area (Å²) in [5, 5.41) is 0.729. The average Bonchev–Trinajstić information content (AvgIpc) is 3.50. The molecule has 4 aromatic heterocycles. The van der Waals surface area contributed by atoms with Crippen molar-refractivity contribution in [3.8, 4) is 0 Å². The fraction of sp³-hybridized carbons (Fsp3) is 0.0833. The molecule has 6 rings (SSSR count). The van der Waals surface area contributed by atoms with Crippen LogP contribution in [-0.4, -0.2) is 39.0 Å². The number of aromatic nitrogens is 8. The van der Waals surface area contributed by atoms with E-state index in [1.165, 1.54) is 24.8 Å². The van der Waals surface area contributed by atoms with Gasteiger partial charge in [-0.25, -0.2) is 38.7 Å². The highest BCUT2D eigenvalue weighted by atomic mass is 35.5. The van der Waals surface area contributed by atoms with Crippen molar-refractivity contribution in [2.75, 3.05) is 11.5 Å². The van der Waals surface area contributed by atoms with Crippen LogP contribution in [0.5, 0.6) is 0 Å². The van der Waals surface area contributed by atoms with Crippen molar-refractivity contribution in [3.05, 3.63) is 94.5 Å². The van der Waals surface area contributed by atoms with Crippen molar-refractivity contribution in [3.63, 3.8) is 0 Å². The van der Waals surface area contributed by atoms with Gasteiger partial charge in [-0.15, -0.1) is 0 Å². The Morgan fingerprint density at radius 2 is 1.05 bits per heavy atom. The minimum Gasteiger partial charge on any atom is -0.382 e. The van der Waals surface area contributed by atoms with Crippen LogP contribution in [0.1, 0.15) is 11.1 Å². The molecule has 14 heteroatoms. The number of hydrogen-bond acceptors (Lipinski definition) is 8. The molecule has 0 aliphatic rings. The molecular weight excluding hydrogens is 537 g/mol. The molecule has 4 N–H and O–H groups in total. The lowest BCUT2D eigenvalue weighted by Gasteiger charge is -2.07. The number of imidazole rings is 2. The second kappa shape index (κ2) is 10.5. The molecule has 0 bridgehead atoms. The van der Waals surface area contributed by atoms with Gasteiger partial charge in [-0.1, -0.05) is 35.3 Å². The van der Waals surface area contributed by atoms with Gasteiger partial charge in [0.15, 0.2) is 22.9 Å². The summed E-state index contributed by atoms with van der Waals surface area (Å²) < 4.78 is 30.8. The molecular formula is C24H18Cl2F2N10. The monoisotopic (exact) mass is 554 g/mol. The SMILES string of the molecule is Nc1ncnc2c1ncn2Cc1c(F)cccc1Cl.Nc1ncnc2c1ncn2Cc1c(F)cccc1Cl. The molecule has 0 atom stereocenters. The maximum absolute atomic E-state index is 13.7. The van der Waals surface area contributed by atoms with Gasteiger partial charge in [0.1, 0.15) is 35.3 Å². The van der Waals surface area contributed by atoms with Gasteiger partial charge in [0.25, 0.3) is 0 Å². The number of nitrogens with two attached hydrogens (primary N) is 2. The first-order valence-electron chi connectivity index (χ1n) is 11.0. The molecule has 0 spiro atoms. The molecule has 192 valence electrons. The molecule has 38 heavy (non-hydrogen) atoms. The molecule has 2 aromatic carbocycles. The van der Waals surface area contributed by atoms with E-state index in [9.17, 15) is 8.78 Å². The number of nitrogens with zero attached hydrogens (tertiary/aromatic N) is 8. The summed E-state index contributed by atoms with van der Waals surface area (Å²) in [6.07, 6.45) is 5.77. The van der Waals surface area contributed by atoms with Gasteiger partial charge in [-0.3, -0.25) is 0 Å². The summed E-state index contributed by atoms with van der Waals surface area (Å²) in [7, 11) is 0. The van der Waals surface area contributed by atoms with Gasteiger partial charge >= 0.3 is 0 Å². The number of anilines is 2. The first-order chi connectivity index (χ1) is 18.3. The summed E-state index contributed by atoms with van der Waals surface area (Å²) in [6.45, 7) is 0.469. The lowest BCUT2D eigenvalue weighted by atomic mass is 10.2. The largest absolute Gasteiger partial charge is 0.382 e. The maximum Gasteiger partial charge on any atom is 0.165 e. The van der Waals surface area contributed by atoms with Crippen LogP contribution in [0.25, 0.3) is 22.3 Å². The molecule has 10 nitrogen and oxygen atoms in total. The normalized spacial score (nSPS) is 11.1. The Balaban J connectivity index is 0.000000155. The topological polar surface area (TPSA) is 139 Å². The van der Waals surface area contributed by atoms with Crippen LogP contribution in [0, 0.1) is 11.6 Å². The van der Waals surface area contributed by atoms with E-state index in [1.54, 1.807) is 46.1 Å². The van der Waals surface area contributed by atoms with Crippen LogP contribution in [-0.2, 0) is 13.1 Å². The summed E-state index contributed by atoms with van der Waals surface area (Å²) in [6, 6.07) is 9.14. The van der Waals surface area contributed by atoms with Gasteiger partial charge < -0.3 is 20.6 Å². The molecule has 0 saturated heterocycles. The molecule has 0 saturated carbocycles. The summed E-state index contributed by atoms with van der Waals surface area (Å²) in [5.41, 5.74) is 14.3. The number of rotatable bonds is 4. The quantitative estimate of drug-likeness (QED) is 0.324. The van der Waals surface area contributed by atoms with Crippen molar-refractivity contribution >= 4 is 57.2 Å². The first kappa shape index (κ1) is 25.2. The van der Waals surface area contributed by atoms with E-state index in [4.69, 9.17) is 34.7 Å². The van der Waals surface area contributed by atoms with Crippen LogP contribution in [0.4, 0.5) is 20.4 Å². The highest BCUT2D eigenvalue weighted by Crippen LogP contribution is 2.24.